The molecule has 0 heterocycles. The Balaban J connectivity index is 4.30. The van der Waals surface area contributed by atoms with Gasteiger partial charge in [-0.2, -0.15) is 0 Å². The van der Waals surface area contributed by atoms with E-state index in [0.717, 1.165) is 128 Å². The molecule has 0 fully saturated rings. The van der Waals surface area contributed by atoms with Crippen LogP contribution in [-0.4, -0.2) is 37.2 Å². The predicted octanol–water partition coefficient (Wildman–Crippen LogP) is 23.3. The molecule has 0 saturated heterocycles. The lowest BCUT2D eigenvalue weighted by Gasteiger charge is -2.18. The lowest BCUT2D eigenvalue weighted by atomic mass is 10.0. The molecule has 0 aliphatic heterocycles. The zero-order valence-corrected chi connectivity index (χ0v) is 52.8. The smallest absolute Gasteiger partial charge is 0.306 e. The first-order chi connectivity index (χ1) is 40.0. The molecule has 0 aromatic heterocycles. The molecule has 1 unspecified atom stereocenters. The van der Waals surface area contributed by atoms with Gasteiger partial charge >= 0.3 is 17.9 Å². The Bertz CT molecular complexity index is 1720. The Morgan fingerprint density at radius 3 is 0.765 bits per heavy atom. The average Bonchev–Trinajstić information content (AvgIpc) is 3.47. The van der Waals surface area contributed by atoms with E-state index in [9.17, 15) is 14.4 Å². The molecule has 81 heavy (non-hydrogen) atoms. The van der Waals surface area contributed by atoms with Gasteiger partial charge in [-0.25, -0.2) is 0 Å². The molecule has 0 spiro atoms. The van der Waals surface area contributed by atoms with Gasteiger partial charge in [0.1, 0.15) is 13.2 Å². The summed E-state index contributed by atoms with van der Waals surface area (Å²) in [6.07, 6.45) is 96.2. The molecule has 0 aliphatic carbocycles. The third-order valence-electron chi connectivity index (χ3n) is 14.1. The van der Waals surface area contributed by atoms with E-state index in [1.165, 1.54) is 135 Å². The van der Waals surface area contributed by atoms with E-state index in [-0.39, 0.29) is 31.1 Å². The van der Waals surface area contributed by atoms with Crippen molar-refractivity contribution in [2.75, 3.05) is 13.2 Å². The number of carbonyl (C=O) groups is 3. The number of carbonyl (C=O) groups excluding carboxylic acids is 3. The summed E-state index contributed by atoms with van der Waals surface area (Å²) in [5.74, 6) is -0.925. The number of unbranched alkanes of at least 4 members (excludes halogenated alkanes) is 27. The summed E-state index contributed by atoms with van der Waals surface area (Å²) in [7, 11) is 0. The van der Waals surface area contributed by atoms with Crippen LogP contribution in [0.25, 0.3) is 0 Å². The standard InChI is InChI=1S/C75H124O6/c1-4-7-10-13-16-19-21-23-25-27-29-31-33-34-35-36-37-38-39-40-42-43-45-47-49-51-53-56-59-62-65-68-74(77)80-71-72(70-79-73(76)67-64-61-58-55-18-15-12-9-6-3)81-75(78)69-66-63-60-57-54-52-50-48-46-44-41-32-30-28-26-24-22-20-17-14-11-8-5-2/h7,10,16,19,22-25,28-31,34-35,37-38,40,42,45,47,51,53,72H,4-6,8-9,11-15,17-18,20-21,26-27,32-33,36,39,41,43-44,46,48-50,52,54-71H2,1-3H3/b10-7-,19-16-,24-22-,25-23-,30-28-,31-29-,35-34-,38-37-,42-40-,47-45-,53-51-. The maximum atomic E-state index is 12.9. The normalized spacial score (nSPS) is 13.0. The molecular formula is C75H124O6. The molecular weight excluding hydrogens is 997 g/mol. The first-order valence-electron chi connectivity index (χ1n) is 33.7. The van der Waals surface area contributed by atoms with Crippen molar-refractivity contribution in [1.29, 1.82) is 0 Å². The van der Waals surface area contributed by atoms with E-state index in [4.69, 9.17) is 14.2 Å². The van der Waals surface area contributed by atoms with Crippen LogP contribution < -0.4 is 0 Å². The van der Waals surface area contributed by atoms with Crippen LogP contribution in [0.2, 0.25) is 0 Å². The maximum Gasteiger partial charge on any atom is 0.306 e. The summed E-state index contributed by atoms with van der Waals surface area (Å²) in [6.45, 7) is 6.48. The lowest BCUT2D eigenvalue weighted by molar-refractivity contribution is -0.167. The van der Waals surface area contributed by atoms with E-state index >= 15 is 0 Å². The highest BCUT2D eigenvalue weighted by Crippen LogP contribution is 2.16. The van der Waals surface area contributed by atoms with Crippen molar-refractivity contribution in [2.24, 2.45) is 0 Å². The van der Waals surface area contributed by atoms with Crippen LogP contribution in [0.5, 0.6) is 0 Å². The Labute approximate surface area is 500 Å². The van der Waals surface area contributed by atoms with Gasteiger partial charge in [0.05, 0.1) is 0 Å². The van der Waals surface area contributed by atoms with Crippen molar-refractivity contribution < 1.29 is 28.6 Å². The molecule has 0 N–H and O–H groups in total. The molecule has 0 radical (unpaired) electrons. The van der Waals surface area contributed by atoms with Crippen molar-refractivity contribution in [3.05, 3.63) is 134 Å². The zero-order valence-electron chi connectivity index (χ0n) is 52.8. The summed E-state index contributed by atoms with van der Waals surface area (Å²) < 4.78 is 16.9. The van der Waals surface area contributed by atoms with Crippen LogP contribution >= 0.6 is 0 Å². The molecule has 0 saturated carbocycles. The van der Waals surface area contributed by atoms with Gasteiger partial charge in [-0.1, -0.05) is 296 Å². The average molecular weight is 1120 g/mol. The minimum atomic E-state index is -0.796. The van der Waals surface area contributed by atoms with Crippen molar-refractivity contribution >= 4 is 17.9 Å². The van der Waals surface area contributed by atoms with E-state index in [0.29, 0.717) is 19.3 Å². The minimum absolute atomic E-state index is 0.0904. The van der Waals surface area contributed by atoms with Crippen molar-refractivity contribution in [3.63, 3.8) is 0 Å². The first kappa shape index (κ1) is 76.5. The number of hydrogen-bond donors (Lipinski definition) is 0. The van der Waals surface area contributed by atoms with Crippen LogP contribution in [0, 0.1) is 0 Å². The van der Waals surface area contributed by atoms with Gasteiger partial charge in [0, 0.05) is 19.3 Å². The topological polar surface area (TPSA) is 78.9 Å². The van der Waals surface area contributed by atoms with Crippen LogP contribution in [0.1, 0.15) is 303 Å². The van der Waals surface area contributed by atoms with Gasteiger partial charge in [-0.05, 0) is 122 Å². The molecule has 0 aromatic rings. The number of rotatable bonds is 60. The minimum Gasteiger partial charge on any atom is -0.462 e. The summed E-state index contributed by atoms with van der Waals surface area (Å²) in [6, 6.07) is 0. The second kappa shape index (κ2) is 68.1. The summed E-state index contributed by atoms with van der Waals surface area (Å²) in [5, 5.41) is 0. The highest BCUT2D eigenvalue weighted by Gasteiger charge is 2.19. The summed E-state index contributed by atoms with van der Waals surface area (Å²) in [5.41, 5.74) is 0. The molecule has 6 nitrogen and oxygen atoms in total. The van der Waals surface area contributed by atoms with Gasteiger partial charge in [-0.15, -0.1) is 0 Å². The number of allylic oxidation sites excluding steroid dienone is 22. The largest absolute Gasteiger partial charge is 0.462 e. The monoisotopic (exact) mass is 1120 g/mol. The Hall–Kier alpha value is -4.45. The van der Waals surface area contributed by atoms with Crippen molar-refractivity contribution in [3.8, 4) is 0 Å². The van der Waals surface area contributed by atoms with Crippen LogP contribution in [0.4, 0.5) is 0 Å². The van der Waals surface area contributed by atoms with Crippen molar-refractivity contribution in [2.45, 2.75) is 309 Å². The molecule has 0 aliphatic rings. The first-order valence-corrected chi connectivity index (χ1v) is 33.7. The fourth-order valence-electron chi connectivity index (χ4n) is 9.11. The summed E-state index contributed by atoms with van der Waals surface area (Å²) >= 11 is 0. The van der Waals surface area contributed by atoms with Gasteiger partial charge < -0.3 is 14.2 Å². The van der Waals surface area contributed by atoms with E-state index < -0.39 is 6.10 Å². The lowest BCUT2D eigenvalue weighted by Crippen LogP contribution is -2.30. The second-order valence-electron chi connectivity index (χ2n) is 22.0. The zero-order chi connectivity index (χ0) is 58.5. The quantitative estimate of drug-likeness (QED) is 0.0261. The van der Waals surface area contributed by atoms with Crippen molar-refractivity contribution in [1.82, 2.24) is 0 Å². The van der Waals surface area contributed by atoms with Gasteiger partial charge in [0.2, 0.25) is 0 Å². The van der Waals surface area contributed by atoms with Gasteiger partial charge in [0.15, 0.2) is 6.10 Å². The Morgan fingerprint density at radius 2 is 0.481 bits per heavy atom. The van der Waals surface area contributed by atoms with Gasteiger partial charge in [-0.3, -0.25) is 14.4 Å². The molecule has 0 rings (SSSR count). The predicted molar refractivity (Wildman–Crippen MR) is 353 cm³/mol. The van der Waals surface area contributed by atoms with Crippen LogP contribution in [-0.2, 0) is 28.6 Å². The number of ether oxygens (including phenoxy) is 3. The number of esters is 3. The third-order valence-corrected chi connectivity index (χ3v) is 14.1. The molecule has 6 heteroatoms. The van der Waals surface area contributed by atoms with E-state index in [1.54, 1.807) is 0 Å². The Morgan fingerprint density at radius 1 is 0.259 bits per heavy atom. The summed E-state index contributed by atoms with van der Waals surface area (Å²) in [4.78, 5) is 38.2. The third kappa shape index (κ3) is 66.2. The fourth-order valence-corrected chi connectivity index (χ4v) is 9.11. The van der Waals surface area contributed by atoms with Crippen LogP contribution in [0.15, 0.2) is 134 Å². The van der Waals surface area contributed by atoms with Gasteiger partial charge in [0.25, 0.3) is 0 Å². The molecule has 0 bridgehead atoms. The fraction of sp³-hybridized carbons (Fsp3) is 0.667. The van der Waals surface area contributed by atoms with E-state index in [2.05, 4.69) is 154 Å². The molecule has 460 valence electrons. The number of hydrogen-bond acceptors (Lipinski definition) is 6. The van der Waals surface area contributed by atoms with E-state index in [1.807, 2.05) is 0 Å². The highest BCUT2D eigenvalue weighted by molar-refractivity contribution is 5.71. The molecule has 0 amide bonds. The Kier molecular flexibility index (Phi) is 64.3. The SMILES string of the molecule is CC/C=C\C/C=C\C/C=C\C/C=C\C/C=C\C/C=C\C/C=C\C/C=C\C/C=C\CCCCCC(=O)OCC(COC(=O)CCCCCCCCCCC)OC(=O)CCCCCCCCCCCCC/C=C\C/C=C\CCCCCCC. The van der Waals surface area contributed by atoms with Crippen LogP contribution in [0.3, 0.4) is 0 Å². The molecule has 0 aromatic carbocycles. The second-order valence-corrected chi connectivity index (χ2v) is 22.0. The maximum absolute atomic E-state index is 12.9. The molecule has 1 atom stereocenters. The highest BCUT2D eigenvalue weighted by atomic mass is 16.6.